The number of piperazine rings is 1. The van der Waals surface area contributed by atoms with Gasteiger partial charge in [-0.05, 0) is 25.2 Å². The molecule has 1 saturated carbocycles. The summed E-state index contributed by atoms with van der Waals surface area (Å²) in [5.41, 5.74) is 0. The van der Waals surface area contributed by atoms with E-state index < -0.39 is 10.0 Å². The standard InChI is InChI=1S/C11H22N2O2S/c1-3-11(10-4-5-10)12-6-8-13(9-7-12)16(2,14)15/h10-11H,3-9H2,1-2H3. The van der Waals surface area contributed by atoms with E-state index in [1.165, 1.54) is 25.5 Å². The lowest BCUT2D eigenvalue weighted by Gasteiger charge is -2.38. The number of rotatable bonds is 4. The summed E-state index contributed by atoms with van der Waals surface area (Å²) in [5, 5.41) is 0. The van der Waals surface area contributed by atoms with Gasteiger partial charge in [0.25, 0.3) is 0 Å². The summed E-state index contributed by atoms with van der Waals surface area (Å²) >= 11 is 0. The van der Waals surface area contributed by atoms with E-state index in [9.17, 15) is 8.42 Å². The first-order valence-corrected chi connectivity index (χ1v) is 8.06. The fraction of sp³-hybridized carbons (Fsp3) is 1.00. The molecular formula is C11H22N2O2S. The van der Waals surface area contributed by atoms with E-state index in [1.54, 1.807) is 4.31 Å². The molecule has 1 atom stereocenters. The van der Waals surface area contributed by atoms with Crippen LogP contribution in [0.15, 0.2) is 0 Å². The Morgan fingerprint density at radius 3 is 2.12 bits per heavy atom. The summed E-state index contributed by atoms with van der Waals surface area (Å²) in [6.45, 7) is 5.39. The Bertz CT molecular complexity index is 330. The third-order valence-electron chi connectivity index (χ3n) is 3.80. The highest BCUT2D eigenvalue weighted by Crippen LogP contribution is 2.37. The molecule has 0 bridgehead atoms. The molecular weight excluding hydrogens is 224 g/mol. The highest BCUT2D eigenvalue weighted by Gasteiger charge is 2.36. The van der Waals surface area contributed by atoms with Crippen LogP contribution < -0.4 is 0 Å². The molecule has 1 heterocycles. The van der Waals surface area contributed by atoms with Crippen molar-refractivity contribution in [3.05, 3.63) is 0 Å². The van der Waals surface area contributed by atoms with E-state index in [1.807, 2.05) is 0 Å². The van der Waals surface area contributed by atoms with Crippen molar-refractivity contribution < 1.29 is 8.42 Å². The Hall–Kier alpha value is -0.130. The van der Waals surface area contributed by atoms with Crippen LogP contribution in [0.25, 0.3) is 0 Å². The molecule has 94 valence electrons. The summed E-state index contributed by atoms with van der Waals surface area (Å²) in [4.78, 5) is 2.49. The van der Waals surface area contributed by atoms with Crippen LogP contribution in [-0.4, -0.2) is 56.1 Å². The maximum Gasteiger partial charge on any atom is 0.211 e. The van der Waals surface area contributed by atoms with Gasteiger partial charge in [-0.3, -0.25) is 4.90 Å². The van der Waals surface area contributed by atoms with Crippen molar-refractivity contribution in [2.45, 2.75) is 32.2 Å². The Labute approximate surface area is 98.7 Å². The molecule has 2 fully saturated rings. The summed E-state index contributed by atoms with van der Waals surface area (Å²) in [6.07, 6.45) is 5.24. The lowest BCUT2D eigenvalue weighted by atomic mass is 10.1. The molecule has 0 aromatic rings. The van der Waals surface area contributed by atoms with Crippen LogP contribution in [-0.2, 0) is 10.0 Å². The minimum absolute atomic E-state index is 0.669. The highest BCUT2D eigenvalue weighted by molar-refractivity contribution is 7.88. The second-order valence-corrected chi connectivity index (χ2v) is 6.99. The number of sulfonamides is 1. The van der Waals surface area contributed by atoms with Crippen molar-refractivity contribution >= 4 is 10.0 Å². The highest BCUT2D eigenvalue weighted by atomic mass is 32.2. The van der Waals surface area contributed by atoms with Crippen LogP contribution in [0.2, 0.25) is 0 Å². The minimum Gasteiger partial charge on any atom is -0.298 e. The zero-order valence-electron chi connectivity index (χ0n) is 10.2. The van der Waals surface area contributed by atoms with Gasteiger partial charge in [-0.1, -0.05) is 6.92 Å². The van der Waals surface area contributed by atoms with Gasteiger partial charge in [0.05, 0.1) is 6.26 Å². The fourth-order valence-electron chi connectivity index (χ4n) is 2.74. The van der Waals surface area contributed by atoms with Crippen molar-refractivity contribution in [2.24, 2.45) is 5.92 Å². The molecule has 1 unspecified atom stereocenters. The largest absolute Gasteiger partial charge is 0.298 e. The van der Waals surface area contributed by atoms with Crippen molar-refractivity contribution in [3.8, 4) is 0 Å². The van der Waals surface area contributed by atoms with Gasteiger partial charge >= 0.3 is 0 Å². The predicted molar refractivity (Wildman–Crippen MR) is 64.8 cm³/mol. The van der Waals surface area contributed by atoms with E-state index in [2.05, 4.69) is 11.8 Å². The third-order valence-corrected chi connectivity index (χ3v) is 5.10. The number of hydrogen-bond donors (Lipinski definition) is 0. The molecule has 0 spiro atoms. The van der Waals surface area contributed by atoms with Gasteiger partial charge in [0, 0.05) is 32.2 Å². The molecule has 0 aromatic carbocycles. The first-order valence-electron chi connectivity index (χ1n) is 6.21. The second kappa shape index (κ2) is 4.63. The summed E-state index contributed by atoms with van der Waals surface area (Å²) in [6, 6.07) is 0.696. The van der Waals surface area contributed by atoms with Crippen LogP contribution in [0.1, 0.15) is 26.2 Å². The smallest absolute Gasteiger partial charge is 0.211 e. The molecule has 1 saturated heterocycles. The normalized spacial score (nSPS) is 26.9. The van der Waals surface area contributed by atoms with Crippen molar-refractivity contribution in [2.75, 3.05) is 32.4 Å². The van der Waals surface area contributed by atoms with Gasteiger partial charge in [-0.15, -0.1) is 0 Å². The molecule has 0 N–H and O–H groups in total. The molecule has 0 amide bonds. The number of hydrogen-bond acceptors (Lipinski definition) is 3. The van der Waals surface area contributed by atoms with E-state index in [-0.39, 0.29) is 0 Å². The summed E-state index contributed by atoms with van der Waals surface area (Å²) in [5.74, 6) is 0.884. The van der Waals surface area contributed by atoms with Gasteiger partial charge in [0.2, 0.25) is 10.0 Å². The van der Waals surface area contributed by atoms with Gasteiger partial charge in [-0.25, -0.2) is 8.42 Å². The lowest BCUT2D eigenvalue weighted by molar-refractivity contribution is 0.120. The minimum atomic E-state index is -2.98. The monoisotopic (exact) mass is 246 g/mol. The zero-order chi connectivity index (χ0) is 11.8. The topological polar surface area (TPSA) is 40.6 Å². The predicted octanol–water partition coefficient (Wildman–Crippen LogP) is 0.752. The van der Waals surface area contributed by atoms with Gasteiger partial charge in [0.15, 0.2) is 0 Å². The van der Waals surface area contributed by atoms with Gasteiger partial charge < -0.3 is 0 Å². The van der Waals surface area contributed by atoms with Crippen LogP contribution >= 0.6 is 0 Å². The van der Waals surface area contributed by atoms with Crippen LogP contribution in [0, 0.1) is 5.92 Å². The lowest BCUT2D eigenvalue weighted by Crippen LogP contribution is -2.52. The summed E-state index contributed by atoms with van der Waals surface area (Å²) in [7, 11) is -2.98. The van der Waals surface area contributed by atoms with Crippen LogP contribution in [0.5, 0.6) is 0 Å². The first kappa shape index (κ1) is 12.3. The molecule has 1 aliphatic carbocycles. The van der Waals surface area contributed by atoms with Crippen molar-refractivity contribution in [1.82, 2.24) is 9.21 Å². The zero-order valence-corrected chi connectivity index (χ0v) is 11.0. The summed E-state index contributed by atoms with van der Waals surface area (Å²) < 4.78 is 24.4. The van der Waals surface area contributed by atoms with Crippen molar-refractivity contribution in [1.29, 1.82) is 0 Å². The average molecular weight is 246 g/mol. The Balaban J connectivity index is 1.89. The van der Waals surface area contributed by atoms with E-state index in [0.717, 1.165) is 19.0 Å². The molecule has 4 nitrogen and oxygen atoms in total. The molecule has 5 heteroatoms. The fourth-order valence-corrected chi connectivity index (χ4v) is 3.56. The molecule has 1 aliphatic heterocycles. The molecule has 0 aromatic heterocycles. The van der Waals surface area contributed by atoms with Gasteiger partial charge in [-0.2, -0.15) is 4.31 Å². The third kappa shape index (κ3) is 2.76. The molecule has 0 radical (unpaired) electrons. The van der Waals surface area contributed by atoms with E-state index in [4.69, 9.17) is 0 Å². The quantitative estimate of drug-likeness (QED) is 0.735. The van der Waals surface area contributed by atoms with Gasteiger partial charge in [0.1, 0.15) is 0 Å². The first-order chi connectivity index (χ1) is 7.52. The van der Waals surface area contributed by atoms with E-state index in [0.29, 0.717) is 19.1 Å². The van der Waals surface area contributed by atoms with Crippen LogP contribution in [0.4, 0.5) is 0 Å². The average Bonchev–Trinajstić information content (AvgIpc) is 3.03. The molecule has 16 heavy (non-hydrogen) atoms. The molecule has 2 aliphatic rings. The second-order valence-electron chi connectivity index (χ2n) is 5.01. The Morgan fingerprint density at radius 2 is 1.75 bits per heavy atom. The van der Waals surface area contributed by atoms with E-state index >= 15 is 0 Å². The number of nitrogens with zero attached hydrogens (tertiary/aromatic N) is 2. The Kier molecular flexibility index (Phi) is 3.56. The van der Waals surface area contributed by atoms with Crippen LogP contribution in [0.3, 0.4) is 0 Å². The Morgan fingerprint density at radius 1 is 1.19 bits per heavy atom. The maximum atomic E-state index is 11.4. The molecule has 2 rings (SSSR count). The maximum absolute atomic E-state index is 11.4. The SMILES string of the molecule is CCC(C1CC1)N1CCN(S(C)(=O)=O)CC1. The van der Waals surface area contributed by atoms with Crippen molar-refractivity contribution in [3.63, 3.8) is 0 Å².